The Balaban J connectivity index is 2.00. The zero-order valence-electron chi connectivity index (χ0n) is 12.0. The first kappa shape index (κ1) is 14.7. The van der Waals surface area contributed by atoms with E-state index in [1.54, 1.807) is 25.3 Å². The molecule has 2 rings (SSSR count). The number of hydrogen-bond acceptors (Lipinski definition) is 4. The summed E-state index contributed by atoms with van der Waals surface area (Å²) in [4.78, 5) is 12.2. The molecule has 0 aromatic heterocycles. The zero-order chi connectivity index (χ0) is 14.5. The highest BCUT2D eigenvalue weighted by Gasteiger charge is 2.27. The molecule has 5 heteroatoms. The largest absolute Gasteiger partial charge is 0.496 e. The molecule has 1 aliphatic heterocycles. The fraction of sp³-hybridized carbons (Fsp3) is 0.533. The summed E-state index contributed by atoms with van der Waals surface area (Å²) in [5, 5.41) is 2.95. The van der Waals surface area contributed by atoms with Gasteiger partial charge in [-0.15, -0.1) is 0 Å². The van der Waals surface area contributed by atoms with Crippen molar-refractivity contribution in [2.45, 2.75) is 25.9 Å². The van der Waals surface area contributed by atoms with E-state index in [1.807, 2.05) is 0 Å². The quantitative estimate of drug-likeness (QED) is 0.806. The Hall–Kier alpha value is -1.75. The number of methoxy groups -OCH3 is 1. The van der Waals surface area contributed by atoms with Crippen LogP contribution in [-0.2, 0) is 4.74 Å². The molecule has 20 heavy (non-hydrogen) atoms. The molecular formula is C15H22N2O3. The Morgan fingerprint density at radius 1 is 1.55 bits per heavy atom. The van der Waals surface area contributed by atoms with Gasteiger partial charge in [0.1, 0.15) is 5.75 Å². The second kappa shape index (κ2) is 6.61. The first-order valence-corrected chi connectivity index (χ1v) is 6.99. The number of rotatable bonds is 5. The van der Waals surface area contributed by atoms with E-state index >= 15 is 0 Å². The number of nitrogens with one attached hydrogen (secondary N) is 1. The van der Waals surface area contributed by atoms with Crippen molar-refractivity contribution in [2.24, 2.45) is 5.92 Å². The highest BCUT2D eigenvalue weighted by atomic mass is 16.5. The minimum Gasteiger partial charge on any atom is -0.496 e. The van der Waals surface area contributed by atoms with E-state index in [1.165, 1.54) is 0 Å². The van der Waals surface area contributed by atoms with Crippen LogP contribution < -0.4 is 15.8 Å². The molecule has 2 unspecified atom stereocenters. The molecule has 1 saturated heterocycles. The Bertz CT molecular complexity index is 476. The third-order valence-electron chi connectivity index (χ3n) is 3.74. The molecule has 1 aromatic rings. The molecule has 0 saturated carbocycles. The van der Waals surface area contributed by atoms with Crippen molar-refractivity contribution < 1.29 is 14.3 Å². The molecule has 1 aliphatic rings. The number of hydrogen-bond donors (Lipinski definition) is 2. The molecular weight excluding hydrogens is 256 g/mol. The van der Waals surface area contributed by atoms with Crippen LogP contribution in [0.2, 0.25) is 0 Å². The molecule has 0 spiro atoms. The third-order valence-corrected chi connectivity index (χ3v) is 3.74. The van der Waals surface area contributed by atoms with Crippen molar-refractivity contribution in [3.05, 3.63) is 23.8 Å². The van der Waals surface area contributed by atoms with E-state index in [2.05, 4.69) is 12.2 Å². The van der Waals surface area contributed by atoms with Gasteiger partial charge in [-0.25, -0.2) is 0 Å². The van der Waals surface area contributed by atoms with E-state index in [9.17, 15) is 4.79 Å². The molecule has 1 aromatic carbocycles. The van der Waals surface area contributed by atoms with Crippen LogP contribution in [0.4, 0.5) is 5.69 Å². The molecule has 0 aliphatic carbocycles. The average molecular weight is 278 g/mol. The predicted octanol–water partition coefficient (Wildman–Crippen LogP) is 1.82. The molecule has 1 amide bonds. The van der Waals surface area contributed by atoms with Crippen molar-refractivity contribution in [2.75, 3.05) is 26.0 Å². The maximum absolute atomic E-state index is 12.2. The SMILES string of the molecule is CCC1OCCC1CNC(=O)c1cc(N)ccc1OC. The smallest absolute Gasteiger partial charge is 0.255 e. The Kier molecular flexibility index (Phi) is 4.84. The van der Waals surface area contributed by atoms with Crippen LogP contribution in [0.3, 0.4) is 0 Å². The van der Waals surface area contributed by atoms with Crippen molar-refractivity contribution >= 4 is 11.6 Å². The van der Waals surface area contributed by atoms with Gasteiger partial charge >= 0.3 is 0 Å². The number of nitrogens with two attached hydrogens (primary N) is 1. The number of benzene rings is 1. The van der Waals surface area contributed by atoms with Crippen LogP contribution in [0, 0.1) is 5.92 Å². The molecule has 2 atom stereocenters. The summed E-state index contributed by atoms with van der Waals surface area (Å²) in [6.07, 6.45) is 2.22. The van der Waals surface area contributed by atoms with Crippen molar-refractivity contribution in [3.8, 4) is 5.75 Å². The van der Waals surface area contributed by atoms with Crippen LogP contribution in [-0.4, -0.2) is 32.3 Å². The monoisotopic (exact) mass is 278 g/mol. The molecule has 1 fully saturated rings. The minimum atomic E-state index is -0.157. The second-order valence-electron chi connectivity index (χ2n) is 5.04. The van der Waals surface area contributed by atoms with E-state index in [4.69, 9.17) is 15.2 Å². The summed E-state index contributed by atoms with van der Waals surface area (Å²) in [6, 6.07) is 5.06. The van der Waals surface area contributed by atoms with Crippen LogP contribution >= 0.6 is 0 Å². The zero-order valence-corrected chi connectivity index (χ0v) is 12.0. The van der Waals surface area contributed by atoms with Gasteiger partial charge in [-0.3, -0.25) is 4.79 Å². The molecule has 110 valence electrons. The summed E-state index contributed by atoms with van der Waals surface area (Å²) < 4.78 is 10.8. The number of carbonyl (C=O) groups is 1. The van der Waals surface area contributed by atoms with Crippen LogP contribution in [0.1, 0.15) is 30.1 Å². The fourth-order valence-electron chi connectivity index (χ4n) is 2.60. The van der Waals surface area contributed by atoms with Gasteiger partial charge in [0.05, 0.1) is 18.8 Å². The maximum Gasteiger partial charge on any atom is 0.255 e. The lowest BCUT2D eigenvalue weighted by molar-refractivity contribution is 0.0826. The summed E-state index contributed by atoms with van der Waals surface area (Å²) in [5.41, 5.74) is 6.75. The van der Waals surface area contributed by atoms with Gasteiger partial charge in [-0.05, 0) is 31.0 Å². The van der Waals surface area contributed by atoms with Gasteiger partial charge in [0.25, 0.3) is 5.91 Å². The molecule has 0 radical (unpaired) electrons. The van der Waals surface area contributed by atoms with Gasteiger partial charge in [0.15, 0.2) is 0 Å². The van der Waals surface area contributed by atoms with Crippen LogP contribution in [0.25, 0.3) is 0 Å². The number of amides is 1. The number of nitrogen functional groups attached to an aromatic ring is 1. The normalized spacial score (nSPS) is 21.7. The summed E-state index contributed by atoms with van der Waals surface area (Å²) >= 11 is 0. The molecule has 1 heterocycles. The van der Waals surface area contributed by atoms with Crippen molar-refractivity contribution in [3.63, 3.8) is 0 Å². The van der Waals surface area contributed by atoms with Crippen molar-refractivity contribution in [1.82, 2.24) is 5.32 Å². The predicted molar refractivity (Wildman–Crippen MR) is 77.9 cm³/mol. The topological polar surface area (TPSA) is 73.6 Å². The molecule has 3 N–H and O–H groups in total. The van der Waals surface area contributed by atoms with Crippen LogP contribution in [0.15, 0.2) is 18.2 Å². The van der Waals surface area contributed by atoms with Gasteiger partial charge in [-0.2, -0.15) is 0 Å². The lowest BCUT2D eigenvalue weighted by atomic mass is 9.99. The standard InChI is InChI=1S/C15H22N2O3/c1-3-13-10(6-7-20-13)9-17-15(18)12-8-11(16)4-5-14(12)19-2/h4-5,8,10,13H,3,6-7,9,16H2,1-2H3,(H,17,18). The Labute approximate surface area is 119 Å². The summed E-state index contributed by atoms with van der Waals surface area (Å²) in [7, 11) is 1.54. The summed E-state index contributed by atoms with van der Waals surface area (Å²) in [6.45, 7) is 3.50. The summed E-state index contributed by atoms with van der Waals surface area (Å²) in [5.74, 6) is 0.762. The van der Waals surface area contributed by atoms with Gasteiger partial charge < -0.3 is 20.5 Å². The highest BCUT2D eigenvalue weighted by molar-refractivity contribution is 5.97. The lowest BCUT2D eigenvalue weighted by Crippen LogP contribution is -2.33. The molecule has 5 nitrogen and oxygen atoms in total. The van der Waals surface area contributed by atoms with E-state index in [-0.39, 0.29) is 12.0 Å². The van der Waals surface area contributed by atoms with Gasteiger partial charge in [0, 0.05) is 24.8 Å². The fourth-order valence-corrected chi connectivity index (χ4v) is 2.60. The lowest BCUT2D eigenvalue weighted by Gasteiger charge is -2.17. The number of ether oxygens (including phenoxy) is 2. The molecule has 0 bridgehead atoms. The average Bonchev–Trinajstić information content (AvgIpc) is 2.92. The first-order chi connectivity index (χ1) is 9.65. The van der Waals surface area contributed by atoms with E-state index in [0.29, 0.717) is 29.5 Å². The highest BCUT2D eigenvalue weighted by Crippen LogP contribution is 2.24. The number of carbonyl (C=O) groups excluding carboxylic acids is 1. The van der Waals surface area contributed by atoms with Crippen LogP contribution in [0.5, 0.6) is 5.75 Å². The van der Waals surface area contributed by atoms with E-state index in [0.717, 1.165) is 19.4 Å². The van der Waals surface area contributed by atoms with E-state index < -0.39 is 0 Å². The van der Waals surface area contributed by atoms with Crippen molar-refractivity contribution in [1.29, 1.82) is 0 Å². The second-order valence-corrected chi connectivity index (χ2v) is 5.04. The maximum atomic E-state index is 12.2. The van der Waals surface area contributed by atoms with Gasteiger partial charge in [-0.1, -0.05) is 6.92 Å². The Morgan fingerprint density at radius 3 is 3.05 bits per heavy atom. The third kappa shape index (κ3) is 3.22. The first-order valence-electron chi connectivity index (χ1n) is 6.99. The minimum absolute atomic E-state index is 0.157. The number of anilines is 1. The Morgan fingerprint density at radius 2 is 2.35 bits per heavy atom. The van der Waals surface area contributed by atoms with Gasteiger partial charge in [0.2, 0.25) is 0 Å².